The number of piperidine rings is 1. The average Bonchev–Trinajstić information content (AvgIpc) is 2.57. The lowest BCUT2D eigenvalue weighted by molar-refractivity contribution is -0.123. The van der Waals surface area contributed by atoms with Crippen LogP contribution in [0.4, 0.5) is 5.69 Å². The second-order valence-corrected chi connectivity index (χ2v) is 6.85. The van der Waals surface area contributed by atoms with Crippen molar-refractivity contribution in [1.29, 1.82) is 0 Å². The van der Waals surface area contributed by atoms with Gasteiger partial charge in [-0.05, 0) is 68.5 Å². The highest BCUT2D eigenvalue weighted by atomic mass is 16.1. The van der Waals surface area contributed by atoms with Gasteiger partial charge in [0, 0.05) is 5.69 Å². The number of hydrogen-bond donors (Lipinski definition) is 1. The highest BCUT2D eigenvalue weighted by Crippen LogP contribution is 2.30. The lowest BCUT2D eigenvalue weighted by Crippen LogP contribution is -2.40. The van der Waals surface area contributed by atoms with Gasteiger partial charge in [-0.3, -0.25) is 9.69 Å². The third kappa shape index (κ3) is 4.04. The van der Waals surface area contributed by atoms with Gasteiger partial charge in [-0.25, -0.2) is 0 Å². The Hall–Kier alpha value is -2.13. The Morgan fingerprint density at radius 2 is 1.83 bits per heavy atom. The molecule has 126 valence electrons. The van der Waals surface area contributed by atoms with Gasteiger partial charge in [-0.15, -0.1) is 0 Å². The number of ketones is 1. The minimum Gasteiger partial charge on any atom is -0.399 e. The summed E-state index contributed by atoms with van der Waals surface area (Å²) in [5.41, 5.74) is 9.05. The Bertz CT molecular complexity index is 675. The molecule has 2 aromatic carbocycles. The van der Waals surface area contributed by atoms with Gasteiger partial charge in [0.15, 0.2) is 5.78 Å². The molecule has 0 amide bonds. The summed E-state index contributed by atoms with van der Waals surface area (Å²) >= 11 is 0. The van der Waals surface area contributed by atoms with Crippen molar-refractivity contribution in [3.8, 4) is 0 Å². The maximum atomic E-state index is 12.2. The van der Waals surface area contributed by atoms with Gasteiger partial charge in [0.25, 0.3) is 0 Å². The van der Waals surface area contributed by atoms with Crippen LogP contribution in [0.25, 0.3) is 0 Å². The molecule has 1 atom stereocenters. The van der Waals surface area contributed by atoms with Crippen molar-refractivity contribution in [1.82, 2.24) is 4.90 Å². The number of likely N-dealkylation sites (tertiary alicyclic amines) is 1. The molecule has 1 aliphatic heterocycles. The molecule has 1 unspecified atom stereocenters. The van der Waals surface area contributed by atoms with Crippen molar-refractivity contribution < 1.29 is 4.79 Å². The first-order chi connectivity index (χ1) is 11.6. The number of nitrogen functional groups attached to an aromatic ring is 1. The van der Waals surface area contributed by atoms with E-state index < -0.39 is 0 Å². The third-order valence-corrected chi connectivity index (χ3v) is 4.99. The number of benzene rings is 2. The number of carbonyl (C=O) groups is 1. The third-order valence-electron chi connectivity index (χ3n) is 4.99. The van der Waals surface area contributed by atoms with Gasteiger partial charge in [0.05, 0.1) is 6.04 Å². The van der Waals surface area contributed by atoms with Crippen LogP contribution >= 0.6 is 0 Å². The summed E-state index contributed by atoms with van der Waals surface area (Å²) in [6, 6.07) is 18.3. The molecular formula is C21H26N2O. The molecule has 24 heavy (non-hydrogen) atoms. The van der Waals surface area contributed by atoms with E-state index in [0.29, 0.717) is 5.92 Å². The molecule has 0 bridgehead atoms. The Kier molecular flexibility index (Phi) is 5.31. The molecule has 1 heterocycles. The van der Waals surface area contributed by atoms with Crippen molar-refractivity contribution in [2.45, 2.75) is 32.2 Å². The fourth-order valence-electron chi connectivity index (χ4n) is 3.79. The van der Waals surface area contributed by atoms with Gasteiger partial charge in [0.1, 0.15) is 0 Å². The first-order valence-electron chi connectivity index (χ1n) is 8.77. The predicted molar refractivity (Wildman–Crippen MR) is 98.7 cm³/mol. The number of carbonyl (C=O) groups excluding carboxylic acids is 1. The summed E-state index contributed by atoms with van der Waals surface area (Å²) in [5.74, 6) is 0.902. The van der Waals surface area contributed by atoms with E-state index in [2.05, 4.69) is 35.2 Å². The molecule has 3 nitrogen and oxygen atoms in total. The van der Waals surface area contributed by atoms with Crippen molar-refractivity contribution in [3.05, 3.63) is 65.7 Å². The number of nitrogens with two attached hydrogens (primary N) is 1. The molecule has 0 spiro atoms. The zero-order chi connectivity index (χ0) is 16.9. The zero-order valence-corrected chi connectivity index (χ0v) is 14.3. The highest BCUT2D eigenvalue weighted by molar-refractivity contribution is 5.83. The number of nitrogens with zero attached hydrogens (tertiary/aromatic N) is 1. The van der Waals surface area contributed by atoms with Crippen LogP contribution in [0.3, 0.4) is 0 Å². The molecule has 2 aromatic rings. The molecule has 2 N–H and O–H groups in total. The van der Waals surface area contributed by atoms with Crippen LogP contribution in [0.15, 0.2) is 54.6 Å². The van der Waals surface area contributed by atoms with Crippen LogP contribution < -0.4 is 5.73 Å². The van der Waals surface area contributed by atoms with Crippen LogP contribution in [-0.4, -0.2) is 23.8 Å². The fourth-order valence-corrected chi connectivity index (χ4v) is 3.79. The van der Waals surface area contributed by atoms with E-state index >= 15 is 0 Å². The van der Waals surface area contributed by atoms with E-state index in [1.165, 1.54) is 5.56 Å². The van der Waals surface area contributed by atoms with Crippen LogP contribution in [0.2, 0.25) is 0 Å². The predicted octanol–water partition coefficient (Wildman–Crippen LogP) is 3.85. The molecular weight excluding hydrogens is 296 g/mol. The summed E-state index contributed by atoms with van der Waals surface area (Å²) in [7, 11) is 0. The van der Waals surface area contributed by atoms with E-state index in [1.54, 1.807) is 6.92 Å². The summed E-state index contributed by atoms with van der Waals surface area (Å²) in [4.78, 5) is 14.6. The van der Waals surface area contributed by atoms with E-state index in [-0.39, 0.29) is 11.8 Å². The molecule has 3 heteroatoms. The van der Waals surface area contributed by atoms with E-state index in [0.717, 1.165) is 43.6 Å². The Morgan fingerprint density at radius 1 is 1.12 bits per heavy atom. The fraction of sp³-hybridized carbons (Fsp3) is 0.381. The van der Waals surface area contributed by atoms with Crippen molar-refractivity contribution >= 4 is 11.5 Å². The quantitative estimate of drug-likeness (QED) is 0.850. The highest BCUT2D eigenvalue weighted by Gasteiger charge is 2.29. The number of anilines is 1. The van der Waals surface area contributed by atoms with Crippen LogP contribution in [0, 0.1) is 5.92 Å². The van der Waals surface area contributed by atoms with Gasteiger partial charge in [-0.2, -0.15) is 0 Å². The monoisotopic (exact) mass is 322 g/mol. The van der Waals surface area contributed by atoms with Gasteiger partial charge in [0.2, 0.25) is 0 Å². The topological polar surface area (TPSA) is 46.3 Å². The average molecular weight is 322 g/mol. The lowest BCUT2D eigenvalue weighted by Gasteiger charge is -2.37. The smallest absolute Gasteiger partial charge is 0.151 e. The Morgan fingerprint density at radius 3 is 2.46 bits per heavy atom. The summed E-state index contributed by atoms with van der Waals surface area (Å²) in [6.45, 7) is 3.62. The van der Waals surface area contributed by atoms with Gasteiger partial charge < -0.3 is 5.73 Å². The first kappa shape index (κ1) is 16.7. The van der Waals surface area contributed by atoms with Crippen LogP contribution in [0.5, 0.6) is 0 Å². The minimum atomic E-state index is -0.161. The molecule has 1 aliphatic rings. The number of hydrogen-bond acceptors (Lipinski definition) is 3. The van der Waals surface area contributed by atoms with E-state index in [1.807, 2.05) is 24.3 Å². The SMILES string of the molecule is CC(=O)C(c1cccc(N)c1)N1CCC(Cc2ccccc2)CC1. The number of rotatable bonds is 5. The second kappa shape index (κ2) is 7.63. The molecule has 3 rings (SSSR count). The summed E-state index contributed by atoms with van der Waals surface area (Å²) in [6.07, 6.45) is 3.42. The largest absolute Gasteiger partial charge is 0.399 e. The molecule has 0 aliphatic carbocycles. The molecule has 1 saturated heterocycles. The van der Waals surface area contributed by atoms with Crippen LogP contribution in [-0.2, 0) is 11.2 Å². The minimum absolute atomic E-state index is 0.161. The van der Waals surface area contributed by atoms with Crippen molar-refractivity contribution in [2.75, 3.05) is 18.8 Å². The Balaban J connectivity index is 1.64. The molecule has 0 radical (unpaired) electrons. The molecule has 1 fully saturated rings. The molecule has 0 saturated carbocycles. The van der Waals surface area contributed by atoms with E-state index in [9.17, 15) is 4.79 Å². The standard InChI is InChI=1S/C21H26N2O/c1-16(24)21(19-8-5-9-20(22)15-19)23-12-10-18(11-13-23)14-17-6-3-2-4-7-17/h2-9,15,18,21H,10-14,22H2,1H3. The van der Waals surface area contributed by atoms with Crippen LogP contribution in [0.1, 0.15) is 36.9 Å². The first-order valence-corrected chi connectivity index (χ1v) is 8.77. The van der Waals surface area contributed by atoms with Crippen molar-refractivity contribution in [3.63, 3.8) is 0 Å². The maximum Gasteiger partial charge on any atom is 0.151 e. The summed E-state index contributed by atoms with van der Waals surface area (Å²) < 4.78 is 0. The van der Waals surface area contributed by atoms with Gasteiger partial charge >= 0.3 is 0 Å². The normalized spacial score (nSPS) is 17.5. The van der Waals surface area contributed by atoms with Gasteiger partial charge in [-0.1, -0.05) is 42.5 Å². The number of Topliss-reactive ketones (excluding diaryl/α,β-unsaturated/α-hetero) is 1. The summed E-state index contributed by atoms with van der Waals surface area (Å²) in [5, 5.41) is 0. The van der Waals surface area contributed by atoms with E-state index in [4.69, 9.17) is 5.73 Å². The molecule has 0 aromatic heterocycles. The zero-order valence-electron chi connectivity index (χ0n) is 14.3. The maximum absolute atomic E-state index is 12.2. The van der Waals surface area contributed by atoms with Crippen molar-refractivity contribution in [2.24, 2.45) is 5.92 Å². The Labute approximate surface area is 144 Å². The second-order valence-electron chi connectivity index (χ2n) is 6.85. The lowest BCUT2D eigenvalue weighted by atomic mass is 9.88.